The van der Waals surface area contributed by atoms with Gasteiger partial charge in [-0.15, -0.1) is 11.3 Å². The van der Waals surface area contributed by atoms with Crippen LogP contribution >= 0.6 is 27.3 Å². The molecule has 9 aromatic rings. The molecule has 0 saturated heterocycles. The van der Waals surface area contributed by atoms with Crippen molar-refractivity contribution in [3.05, 3.63) is 186 Å². The summed E-state index contributed by atoms with van der Waals surface area (Å²) in [4.78, 5) is 2.57. The number of aromatic nitrogens is 1. The van der Waals surface area contributed by atoms with Crippen molar-refractivity contribution in [1.82, 2.24) is 4.57 Å². The largest absolute Gasteiger partial charge is 0.309 e. The lowest BCUT2D eigenvalue weighted by atomic mass is 9.98. The fourth-order valence-electron chi connectivity index (χ4n) is 6.81. The van der Waals surface area contributed by atoms with E-state index in [0.717, 1.165) is 10.2 Å². The van der Waals surface area contributed by atoms with Crippen molar-refractivity contribution in [3.8, 4) is 59.9 Å². The van der Waals surface area contributed by atoms with Crippen LogP contribution in [-0.4, -0.2) is 4.57 Å². The summed E-state index contributed by atoms with van der Waals surface area (Å²) < 4.78 is 3.48. The van der Waals surface area contributed by atoms with Crippen LogP contribution in [0.5, 0.6) is 0 Å². The summed E-state index contributed by atoms with van der Waals surface area (Å²) in [6.45, 7) is 0. The number of para-hydroxylation sites is 1. The van der Waals surface area contributed by atoms with E-state index >= 15 is 0 Å². The SMILES string of the molecule is Brc1ccc(-c2ccc(-c3ccc4c(c3)c3cc(-c5ccc(-c6ccc(-c7ccccc7)s6)cc5)ccc3n4-c3ccccc3)cc2)cc1. The van der Waals surface area contributed by atoms with Gasteiger partial charge in [-0.25, -0.2) is 0 Å². The minimum Gasteiger partial charge on any atom is -0.309 e. The maximum atomic E-state index is 3.55. The van der Waals surface area contributed by atoms with Gasteiger partial charge in [-0.2, -0.15) is 0 Å². The maximum Gasteiger partial charge on any atom is 0.0541 e. The van der Waals surface area contributed by atoms with Gasteiger partial charge < -0.3 is 4.57 Å². The fraction of sp³-hybridized carbons (Fsp3) is 0. The number of fused-ring (bicyclic) bond motifs is 3. The molecule has 3 heteroatoms. The molecule has 0 aliphatic rings. The van der Waals surface area contributed by atoms with E-state index in [2.05, 4.69) is 202 Å². The Balaban J connectivity index is 1.11. The Morgan fingerprint density at radius 3 is 1.24 bits per heavy atom. The second-order valence-electron chi connectivity index (χ2n) is 12.3. The van der Waals surface area contributed by atoms with Crippen LogP contribution in [0.4, 0.5) is 0 Å². The summed E-state index contributed by atoms with van der Waals surface area (Å²) in [5, 5.41) is 2.50. The highest BCUT2D eigenvalue weighted by atomic mass is 79.9. The zero-order chi connectivity index (χ0) is 32.7. The van der Waals surface area contributed by atoms with E-state index in [0.29, 0.717) is 0 Å². The van der Waals surface area contributed by atoms with E-state index in [1.165, 1.54) is 76.1 Å². The lowest BCUT2D eigenvalue weighted by molar-refractivity contribution is 1.18. The molecule has 0 atom stereocenters. The summed E-state index contributed by atoms with van der Waals surface area (Å²) in [5.41, 5.74) is 13.4. The molecule has 7 aromatic carbocycles. The van der Waals surface area contributed by atoms with E-state index in [9.17, 15) is 0 Å². The lowest BCUT2D eigenvalue weighted by Crippen LogP contribution is -1.93. The van der Waals surface area contributed by atoms with Crippen molar-refractivity contribution in [1.29, 1.82) is 0 Å². The molecule has 2 aromatic heterocycles. The van der Waals surface area contributed by atoms with Gasteiger partial charge in [0.05, 0.1) is 11.0 Å². The average molecular weight is 709 g/mol. The highest BCUT2D eigenvalue weighted by Crippen LogP contribution is 2.39. The monoisotopic (exact) mass is 707 g/mol. The zero-order valence-electron chi connectivity index (χ0n) is 26.6. The third-order valence-electron chi connectivity index (χ3n) is 9.34. The molecular formula is C46H30BrNS. The second kappa shape index (κ2) is 12.5. The van der Waals surface area contributed by atoms with E-state index in [-0.39, 0.29) is 0 Å². The first-order valence-corrected chi connectivity index (χ1v) is 18.0. The number of rotatable bonds is 6. The maximum absolute atomic E-state index is 3.55. The Morgan fingerprint density at radius 1 is 0.347 bits per heavy atom. The Morgan fingerprint density at radius 2 is 0.735 bits per heavy atom. The summed E-state index contributed by atoms with van der Waals surface area (Å²) >= 11 is 5.39. The van der Waals surface area contributed by atoms with Crippen molar-refractivity contribution in [2.75, 3.05) is 0 Å². The molecule has 49 heavy (non-hydrogen) atoms. The van der Waals surface area contributed by atoms with Crippen LogP contribution in [0.3, 0.4) is 0 Å². The smallest absolute Gasteiger partial charge is 0.0541 e. The molecule has 0 aliphatic carbocycles. The average Bonchev–Trinajstić information content (AvgIpc) is 3.79. The van der Waals surface area contributed by atoms with Gasteiger partial charge in [0.1, 0.15) is 0 Å². The van der Waals surface area contributed by atoms with Gasteiger partial charge in [0.25, 0.3) is 0 Å². The molecule has 9 rings (SSSR count). The van der Waals surface area contributed by atoms with Gasteiger partial charge in [0.15, 0.2) is 0 Å². The second-order valence-corrected chi connectivity index (χ2v) is 14.3. The Bertz CT molecular complexity index is 2560. The first-order chi connectivity index (χ1) is 24.2. The van der Waals surface area contributed by atoms with Crippen LogP contribution in [0, 0.1) is 0 Å². The first-order valence-electron chi connectivity index (χ1n) is 16.4. The molecule has 232 valence electrons. The summed E-state index contributed by atoms with van der Waals surface area (Å²) in [5.74, 6) is 0. The Kier molecular flexibility index (Phi) is 7.57. The van der Waals surface area contributed by atoms with Gasteiger partial charge in [-0.1, -0.05) is 137 Å². The predicted molar refractivity (Wildman–Crippen MR) is 214 cm³/mol. The van der Waals surface area contributed by atoms with Crippen molar-refractivity contribution >= 4 is 49.1 Å². The molecule has 0 unspecified atom stereocenters. The quantitative estimate of drug-likeness (QED) is 0.162. The predicted octanol–water partition coefficient (Wildman–Crippen LogP) is 13.9. The topological polar surface area (TPSA) is 4.93 Å². The normalized spacial score (nSPS) is 11.4. The number of thiophene rings is 1. The molecule has 0 fully saturated rings. The minimum absolute atomic E-state index is 1.09. The van der Waals surface area contributed by atoms with Crippen molar-refractivity contribution in [2.24, 2.45) is 0 Å². The molecule has 0 saturated carbocycles. The van der Waals surface area contributed by atoms with Gasteiger partial charge in [0, 0.05) is 30.7 Å². The molecule has 0 spiro atoms. The zero-order valence-corrected chi connectivity index (χ0v) is 29.0. The highest BCUT2D eigenvalue weighted by Gasteiger charge is 2.15. The van der Waals surface area contributed by atoms with E-state index in [1.54, 1.807) is 0 Å². The number of halogens is 1. The van der Waals surface area contributed by atoms with Crippen molar-refractivity contribution in [2.45, 2.75) is 0 Å². The van der Waals surface area contributed by atoms with Crippen LogP contribution < -0.4 is 0 Å². The van der Waals surface area contributed by atoms with Gasteiger partial charge in [-0.05, 0) is 105 Å². The summed E-state index contributed by atoms with van der Waals surface area (Å²) in [6, 6.07) is 66.0. The van der Waals surface area contributed by atoms with Crippen LogP contribution in [0.15, 0.2) is 186 Å². The molecule has 2 heterocycles. The Labute approximate surface area is 298 Å². The van der Waals surface area contributed by atoms with Gasteiger partial charge in [-0.3, -0.25) is 0 Å². The van der Waals surface area contributed by atoms with Crippen LogP contribution in [0.25, 0.3) is 81.8 Å². The van der Waals surface area contributed by atoms with E-state index in [4.69, 9.17) is 0 Å². The third-order valence-corrected chi connectivity index (χ3v) is 11.1. The van der Waals surface area contributed by atoms with Crippen LogP contribution in [-0.2, 0) is 0 Å². The van der Waals surface area contributed by atoms with E-state index < -0.39 is 0 Å². The highest BCUT2D eigenvalue weighted by molar-refractivity contribution is 9.10. The molecule has 1 nitrogen and oxygen atoms in total. The Hall–Kier alpha value is -5.48. The molecule has 0 amide bonds. The lowest BCUT2D eigenvalue weighted by Gasteiger charge is -2.09. The third kappa shape index (κ3) is 5.61. The standard InChI is InChI=1S/C46H30BrNS/c47-39-23-19-32(20-24-39)31-11-13-33(14-12-31)37-21-25-43-41(29-37)42-30-38(22-26-44(42)48(43)40-9-5-2-6-10-40)34-15-17-36(18-16-34)46-28-27-45(49-46)35-7-3-1-4-8-35/h1-30H. The number of hydrogen-bond donors (Lipinski definition) is 0. The molecule has 0 radical (unpaired) electrons. The molecular weight excluding hydrogens is 678 g/mol. The molecule has 0 N–H and O–H groups in total. The van der Waals surface area contributed by atoms with Crippen molar-refractivity contribution in [3.63, 3.8) is 0 Å². The fourth-order valence-corrected chi connectivity index (χ4v) is 8.09. The van der Waals surface area contributed by atoms with Gasteiger partial charge >= 0.3 is 0 Å². The van der Waals surface area contributed by atoms with Gasteiger partial charge in [0.2, 0.25) is 0 Å². The molecule has 0 bridgehead atoms. The van der Waals surface area contributed by atoms with Crippen LogP contribution in [0.1, 0.15) is 0 Å². The number of nitrogens with zero attached hydrogens (tertiary/aromatic N) is 1. The van der Waals surface area contributed by atoms with Crippen LogP contribution in [0.2, 0.25) is 0 Å². The summed E-state index contributed by atoms with van der Waals surface area (Å²) in [6.07, 6.45) is 0. The first kappa shape index (κ1) is 29.6. The molecule has 0 aliphatic heterocycles. The number of benzene rings is 7. The van der Waals surface area contributed by atoms with Crippen molar-refractivity contribution < 1.29 is 0 Å². The minimum atomic E-state index is 1.09. The van der Waals surface area contributed by atoms with E-state index in [1.807, 2.05) is 11.3 Å². The number of hydrogen-bond acceptors (Lipinski definition) is 1. The summed E-state index contributed by atoms with van der Waals surface area (Å²) in [7, 11) is 0.